The molecule has 4 aromatic rings. The van der Waals surface area contributed by atoms with Gasteiger partial charge >= 0.3 is 0 Å². The molecule has 0 N–H and O–H groups in total. The molecule has 0 spiro atoms. The third kappa shape index (κ3) is 3.08. The van der Waals surface area contributed by atoms with E-state index >= 15 is 0 Å². The van der Waals surface area contributed by atoms with Crippen molar-refractivity contribution in [1.29, 1.82) is 0 Å². The predicted octanol–water partition coefficient (Wildman–Crippen LogP) is 4.30. The number of hydrogen-bond donors (Lipinski definition) is 0. The van der Waals surface area contributed by atoms with E-state index in [9.17, 15) is 0 Å². The van der Waals surface area contributed by atoms with Crippen molar-refractivity contribution in [2.24, 2.45) is 0 Å². The Bertz CT molecular complexity index is 1100. The molecule has 140 valence electrons. The zero-order chi connectivity index (χ0) is 18.9. The van der Waals surface area contributed by atoms with Crippen LogP contribution in [-0.2, 0) is 13.0 Å². The Balaban J connectivity index is 1.45. The molecule has 0 aliphatic heterocycles. The fraction of sp³-hybridized carbons (Fsp3) is 0.261. The number of pyridine rings is 3. The van der Waals surface area contributed by atoms with Crippen LogP contribution in [0.25, 0.3) is 16.9 Å². The van der Waals surface area contributed by atoms with E-state index in [0.717, 1.165) is 42.0 Å². The van der Waals surface area contributed by atoms with Crippen LogP contribution in [0.3, 0.4) is 0 Å². The summed E-state index contributed by atoms with van der Waals surface area (Å²) in [5, 5.41) is 0. The Kier molecular flexibility index (Phi) is 4.37. The van der Waals surface area contributed by atoms with Gasteiger partial charge in [0.15, 0.2) is 0 Å². The molecule has 4 aromatic heterocycles. The first kappa shape index (κ1) is 17.1. The first-order valence-electron chi connectivity index (χ1n) is 9.81. The van der Waals surface area contributed by atoms with Crippen LogP contribution in [0.15, 0.2) is 67.3 Å². The number of aryl methyl sites for hydroxylation is 1. The van der Waals surface area contributed by atoms with E-state index in [-0.39, 0.29) is 0 Å². The summed E-state index contributed by atoms with van der Waals surface area (Å²) in [6, 6.07) is 14.9. The molecule has 5 nitrogen and oxygen atoms in total. The lowest BCUT2D eigenvalue weighted by molar-refractivity contribution is 0.206. The largest absolute Gasteiger partial charge is 0.299 e. The van der Waals surface area contributed by atoms with Gasteiger partial charge in [0.05, 0.1) is 23.1 Å². The monoisotopic (exact) mass is 369 g/mol. The topological polar surface area (TPSA) is 46.3 Å². The lowest BCUT2D eigenvalue weighted by Gasteiger charge is -2.31. The number of fused-ring (bicyclic) bond motifs is 2. The van der Waals surface area contributed by atoms with Crippen LogP contribution in [0.1, 0.15) is 35.8 Å². The molecule has 0 fully saturated rings. The van der Waals surface area contributed by atoms with Gasteiger partial charge in [-0.1, -0.05) is 12.1 Å². The van der Waals surface area contributed by atoms with E-state index in [1.165, 1.54) is 17.7 Å². The molecule has 0 saturated carbocycles. The lowest BCUT2D eigenvalue weighted by Crippen LogP contribution is -2.28. The fourth-order valence-corrected chi connectivity index (χ4v) is 4.27. The van der Waals surface area contributed by atoms with Gasteiger partial charge in [0.25, 0.3) is 0 Å². The number of nitrogens with zero attached hydrogens (tertiary/aromatic N) is 5. The van der Waals surface area contributed by atoms with Gasteiger partial charge < -0.3 is 0 Å². The minimum Gasteiger partial charge on any atom is -0.299 e. The molecule has 0 aromatic carbocycles. The molecular weight excluding hydrogens is 346 g/mol. The molecule has 5 heteroatoms. The second-order valence-corrected chi connectivity index (χ2v) is 7.48. The minimum atomic E-state index is 0.354. The van der Waals surface area contributed by atoms with Gasteiger partial charge in [-0.15, -0.1) is 0 Å². The average Bonchev–Trinajstić information content (AvgIpc) is 3.16. The summed E-state index contributed by atoms with van der Waals surface area (Å²) in [6.45, 7) is 0.800. The van der Waals surface area contributed by atoms with Crippen LogP contribution < -0.4 is 0 Å². The molecule has 4 heterocycles. The van der Waals surface area contributed by atoms with Crippen molar-refractivity contribution in [3.8, 4) is 11.3 Å². The zero-order valence-corrected chi connectivity index (χ0v) is 16.0. The number of rotatable bonds is 4. The average molecular weight is 369 g/mol. The Labute approximate surface area is 164 Å². The van der Waals surface area contributed by atoms with Crippen molar-refractivity contribution >= 4 is 5.65 Å². The summed E-state index contributed by atoms with van der Waals surface area (Å²) in [5.74, 6) is 0. The molecule has 28 heavy (non-hydrogen) atoms. The van der Waals surface area contributed by atoms with E-state index in [4.69, 9.17) is 4.98 Å². The Morgan fingerprint density at radius 1 is 1.11 bits per heavy atom. The standard InChI is InChI=1S/C23H23N5/c1-27(21-10-2-6-17-7-5-13-25-23(17)21)15-19-16-28-20(9-3-11-22(28)26-19)18-8-4-12-24-14-18/h3-5,7-9,11-14,16,21H,2,6,10,15H2,1H3. The van der Waals surface area contributed by atoms with Crippen molar-refractivity contribution < 1.29 is 0 Å². The van der Waals surface area contributed by atoms with Gasteiger partial charge in [0.2, 0.25) is 0 Å². The van der Waals surface area contributed by atoms with Gasteiger partial charge in [-0.05, 0) is 62.2 Å². The molecule has 0 radical (unpaired) electrons. The van der Waals surface area contributed by atoms with Crippen LogP contribution in [0.2, 0.25) is 0 Å². The Morgan fingerprint density at radius 2 is 2.04 bits per heavy atom. The lowest BCUT2D eigenvalue weighted by atomic mass is 9.91. The second kappa shape index (κ2) is 7.17. The van der Waals surface area contributed by atoms with Gasteiger partial charge in [-0.2, -0.15) is 0 Å². The summed E-state index contributed by atoms with van der Waals surface area (Å²) in [5.41, 5.74) is 6.86. The molecule has 0 saturated heterocycles. The summed E-state index contributed by atoms with van der Waals surface area (Å²) < 4.78 is 2.16. The van der Waals surface area contributed by atoms with Gasteiger partial charge in [-0.25, -0.2) is 4.98 Å². The molecule has 0 amide bonds. The van der Waals surface area contributed by atoms with Crippen LogP contribution in [0.5, 0.6) is 0 Å². The maximum atomic E-state index is 4.87. The number of hydrogen-bond acceptors (Lipinski definition) is 4. The van der Waals surface area contributed by atoms with E-state index in [1.807, 2.05) is 24.5 Å². The Hall–Kier alpha value is -3.05. The van der Waals surface area contributed by atoms with Gasteiger partial charge in [-0.3, -0.25) is 19.3 Å². The van der Waals surface area contributed by atoms with E-state index in [2.05, 4.69) is 62.8 Å². The fourth-order valence-electron chi connectivity index (χ4n) is 4.27. The summed E-state index contributed by atoms with van der Waals surface area (Å²) in [7, 11) is 2.18. The third-order valence-electron chi connectivity index (χ3n) is 5.61. The highest BCUT2D eigenvalue weighted by atomic mass is 15.2. The summed E-state index contributed by atoms with van der Waals surface area (Å²) in [4.78, 5) is 16.2. The van der Waals surface area contributed by atoms with Crippen LogP contribution in [0, 0.1) is 0 Å². The first-order chi connectivity index (χ1) is 13.8. The summed E-state index contributed by atoms with van der Waals surface area (Å²) >= 11 is 0. The number of imidazole rings is 1. The molecule has 5 rings (SSSR count). The van der Waals surface area contributed by atoms with Gasteiger partial charge in [0.1, 0.15) is 5.65 Å². The predicted molar refractivity (Wildman–Crippen MR) is 110 cm³/mol. The summed E-state index contributed by atoms with van der Waals surface area (Å²) in [6.07, 6.45) is 11.3. The molecule has 1 aliphatic rings. The van der Waals surface area contributed by atoms with Crippen molar-refractivity contribution in [2.75, 3.05) is 7.05 Å². The molecular formula is C23H23N5. The quantitative estimate of drug-likeness (QED) is 0.538. The maximum absolute atomic E-state index is 4.87. The van der Waals surface area contributed by atoms with Gasteiger partial charge in [0, 0.05) is 36.9 Å². The van der Waals surface area contributed by atoms with E-state index < -0.39 is 0 Å². The SMILES string of the molecule is CN(Cc1cn2c(-c3cccnc3)cccc2n1)C1CCCc2cccnc21. The molecule has 1 unspecified atom stereocenters. The third-order valence-corrected chi connectivity index (χ3v) is 5.61. The van der Waals surface area contributed by atoms with Crippen LogP contribution in [0.4, 0.5) is 0 Å². The van der Waals surface area contributed by atoms with E-state index in [0.29, 0.717) is 6.04 Å². The molecule has 0 bridgehead atoms. The van der Waals surface area contributed by atoms with Crippen molar-refractivity contribution in [2.45, 2.75) is 31.8 Å². The molecule has 1 atom stereocenters. The highest BCUT2D eigenvalue weighted by molar-refractivity contribution is 5.62. The molecule has 1 aliphatic carbocycles. The first-order valence-corrected chi connectivity index (χ1v) is 9.81. The normalized spacial score (nSPS) is 16.4. The minimum absolute atomic E-state index is 0.354. The maximum Gasteiger partial charge on any atom is 0.137 e. The van der Waals surface area contributed by atoms with E-state index in [1.54, 1.807) is 6.20 Å². The zero-order valence-electron chi connectivity index (χ0n) is 16.0. The smallest absolute Gasteiger partial charge is 0.137 e. The van der Waals surface area contributed by atoms with Crippen molar-refractivity contribution in [3.63, 3.8) is 0 Å². The number of aromatic nitrogens is 4. The van der Waals surface area contributed by atoms with Crippen molar-refractivity contribution in [3.05, 3.63) is 84.2 Å². The highest BCUT2D eigenvalue weighted by Crippen LogP contribution is 2.32. The Morgan fingerprint density at radius 3 is 2.93 bits per heavy atom. The van der Waals surface area contributed by atoms with Crippen molar-refractivity contribution in [1.82, 2.24) is 24.3 Å². The highest BCUT2D eigenvalue weighted by Gasteiger charge is 2.25. The van der Waals surface area contributed by atoms with Crippen LogP contribution >= 0.6 is 0 Å². The second-order valence-electron chi connectivity index (χ2n) is 7.48. The van der Waals surface area contributed by atoms with Crippen LogP contribution in [-0.4, -0.2) is 31.3 Å².